The van der Waals surface area contributed by atoms with Crippen LogP contribution >= 0.6 is 0 Å². The molecule has 3 rings (SSSR count). The number of amides is 2. The van der Waals surface area contributed by atoms with Crippen LogP contribution < -0.4 is 0 Å². The highest BCUT2D eigenvalue weighted by Gasteiger charge is 2.31. The first kappa shape index (κ1) is 16.6. The number of piperidine rings is 1. The summed E-state index contributed by atoms with van der Waals surface area (Å²) in [6, 6.07) is 9.66. The molecule has 0 saturated carbocycles. The Labute approximate surface area is 141 Å². The highest BCUT2D eigenvalue weighted by molar-refractivity contribution is 6.39. The Morgan fingerprint density at radius 3 is 2.50 bits per heavy atom. The molecule has 1 aromatic rings. The lowest BCUT2D eigenvalue weighted by Crippen LogP contribution is -2.45. The van der Waals surface area contributed by atoms with Crippen molar-refractivity contribution in [2.75, 3.05) is 20.1 Å². The fraction of sp³-hybridized carbons (Fsp3) is 0.500. The van der Waals surface area contributed by atoms with Gasteiger partial charge in [-0.05, 0) is 24.3 Å². The number of carbonyl (C=O) groups is 2. The zero-order valence-electron chi connectivity index (χ0n) is 13.9. The van der Waals surface area contributed by atoms with Gasteiger partial charge in [0.1, 0.15) is 5.71 Å². The van der Waals surface area contributed by atoms with E-state index < -0.39 is 6.10 Å². The molecule has 1 N–H and O–H groups in total. The van der Waals surface area contributed by atoms with Crippen LogP contribution in [-0.4, -0.2) is 52.7 Å². The van der Waals surface area contributed by atoms with E-state index in [1.165, 1.54) is 5.01 Å². The van der Waals surface area contributed by atoms with Gasteiger partial charge in [0.15, 0.2) is 0 Å². The van der Waals surface area contributed by atoms with Crippen LogP contribution in [0.15, 0.2) is 35.4 Å². The molecule has 0 aromatic heterocycles. The smallest absolute Gasteiger partial charge is 0.270 e. The lowest BCUT2D eigenvalue weighted by molar-refractivity contribution is -0.131. The van der Waals surface area contributed by atoms with E-state index in [0.717, 1.165) is 18.4 Å². The quantitative estimate of drug-likeness (QED) is 0.915. The first-order valence-corrected chi connectivity index (χ1v) is 8.42. The van der Waals surface area contributed by atoms with Crippen LogP contribution in [-0.2, 0) is 9.59 Å². The topological polar surface area (TPSA) is 73.2 Å². The largest absolute Gasteiger partial charge is 0.388 e. The monoisotopic (exact) mass is 329 g/mol. The molecular weight excluding hydrogens is 306 g/mol. The van der Waals surface area contributed by atoms with Crippen molar-refractivity contribution in [1.82, 2.24) is 9.91 Å². The molecule has 2 aliphatic rings. The summed E-state index contributed by atoms with van der Waals surface area (Å²) in [5.41, 5.74) is 1.39. The molecule has 2 heterocycles. The number of benzene rings is 1. The minimum atomic E-state index is -0.487. The van der Waals surface area contributed by atoms with Gasteiger partial charge in [-0.15, -0.1) is 0 Å². The molecule has 1 aromatic carbocycles. The number of aliphatic hydroxyl groups excluding tert-OH is 1. The average Bonchev–Trinajstić information content (AvgIpc) is 2.63. The predicted octanol–water partition coefficient (Wildman–Crippen LogP) is 1.57. The minimum Gasteiger partial charge on any atom is -0.388 e. The van der Waals surface area contributed by atoms with E-state index in [-0.39, 0.29) is 17.7 Å². The van der Waals surface area contributed by atoms with Crippen molar-refractivity contribution in [3.63, 3.8) is 0 Å². The molecule has 0 aliphatic carbocycles. The highest BCUT2D eigenvalue weighted by atomic mass is 16.3. The molecule has 2 aliphatic heterocycles. The van der Waals surface area contributed by atoms with Gasteiger partial charge in [-0.25, -0.2) is 5.01 Å². The third-order valence-electron chi connectivity index (χ3n) is 4.87. The molecule has 24 heavy (non-hydrogen) atoms. The first-order chi connectivity index (χ1) is 11.6. The van der Waals surface area contributed by atoms with Gasteiger partial charge in [0.25, 0.3) is 5.91 Å². The summed E-state index contributed by atoms with van der Waals surface area (Å²) in [6.07, 6.45) is 1.80. The van der Waals surface area contributed by atoms with Crippen LogP contribution in [0.1, 0.15) is 37.4 Å². The molecule has 1 atom stereocenters. The van der Waals surface area contributed by atoms with Gasteiger partial charge in [0.05, 0.1) is 6.10 Å². The fourth-order valence-electron chi connectivity index (χ4n) is 3.35. The number of carbonyl (C=O) groups excluding carboxylic acids is 2. The van der Waals surface area contributed by atoms with Crippen LogP contribution in [0, 0.1) is 5.92 Å². The van der Waals surface area contributed by atoms with Crippen molar-refractivity contribution in [2.45, 2.75) is 31.8 Å². The number of hydrogen-bond acceptors (Lipinski definition) is 4. The van der Waals surface area contributed by atoms with Crippen molar-refractivity contribution in [3.05, 3.63) is 35.9 Å². The Balaban J connectivity index is 1.58. The van der Waals surface area contributed by atoms with E-state index in [1.54, 1.807) is 11.9 Å². The average molecular weight is 329 g/mol. The van der Waals surface area contributed by atoms with E-state index in [2.05, 4.69) is 5.10 Å². The van der Waals surface area contributed by atoms with Gasteiger partial charge in [-0.3, -0.25) is 9.59 Å². The Hall–Kier alpha value is -2.21. The number of hydrogen-bond donors (Lipinski definition) is 1. The van der Waals surface area contributed by atoms with Crippen molar-refractivity contribution in [2.24, 2.45) is 11.0 Å². The molecular formula is C18H23N3O3. The number of aliphatic hydroxyl groups is 1. The summed E-state index contributed by atoms with van der Waals surface area (Å²) in [6.45, 7) is 1.23. The summed E-state index contributed by atoms with van der Waals surface area (Å²) >= 11 is 0. The third-order valence-corrected chi connectivity index (χ3v) is 4.87. The summed E-state index contributed by atoms with van der Waals surface area (Å²) < 4.78 is 0. The number of likely N-dealkylation sites (tertiary alicyclic amines) is 1. The maximum atomic E-state index is 12.5. The standard InChI is InChI=1S/C18H23N3O3/c1-20-16(22)8-7-15(19-20)18(24)21-11-9-14(10-12-21)17(23)13-5-3-2-4-6-13/h2-6,14,17,23H,7-12H2,1H3/t17-/m0/s1. The molecule has 1 fully saturated rings. The molecule has 6 heteroatoms. The lowest BCUT2D eigenvalue weighted by Gasteiger charge is -2.35. The van der Waals surface area contributed by atoms with Gasteiger partial charge < -0.3 is 10.0 Å². The van der Waals surface area contributed by atoms with Gasteiger partial charge in [0, 0.05) is 33.0 Å². The van der Waals surface area contributed by atoms with Gasteiger partial charge in [-0.1, -0.05) is 30.3 Å². The molecule has 1 saturated heterocycles. The van der Waals surface area contributed by atoms with E-state index in [0.29, 0.717) is 31.6 Å². The van der Waals surface area contributed by atoms with Crippen LogP contribution in [0.2, 0.25) is 0 Å². The van der Waals surface area contributed by atoms with Crippen molar-refractivity contribution in [1.29, 1.82) is 0 Å². The van der Waals surface area contributed by atoms with E-state index in [4.69, 9.17) is 0 Å². The summed E-state index contributed by atoms with van der Waals surface area (Å²) in [4.78, 5) is 25.8. The van der Waals surface area contributed by atoms with E-state index in [9.17, 15) is 14.7 Å². The number of nitrogens with zero attached hydrogens (tertiary/aromatic N) is 3. The highest BCUT2D eigenvalue weighted by Crippen LogP contribution is 2.30. The second-order valence-corrected chi connectivity index (χ2v) is 6.45. The normalized spacial score (nSPS) is 20.8. The molecule has 0 spiro atoms. The zero-order chi connectivity index (χ0) is 17.1. The minimum absolute atomic E-state index is 0.0590. The van der Waals surface area contributed by atoms with Crippen molar-refractivity contribution in [3.8, 4) is 0 Å². The zero-order valence-corrected chi connectivity index (χ0v) is 13.9. The van der Waals surface area contributed by atoms with Gasteiger partial charge in [-0.2, -0.15) is 5.10 Å². The van der Waals surface area contributed by atoms with Crippen LogP contribution in [0.25, 0.3) is 0 Å². The van der Waals surface area contributed by atoms with Crippen molar-refractivity contribution < 1.29 is 14.7 Å². The Bertz CT molecular complexity index is 636. The molecule has 0 bridgehead atoms. The van der Waals surface area contributed by atoms with Crippen LogP contribution in [0.5, 0.6) is 0 Å². The van der Waals surface area contributed by atoms with E-state index in [1.807, 2.05) is 30.3 Å². The Kier molecular flexibility index (Phi) is 4.94. The Morgan fingerprint density at radius 1 is 1.21 bits per heavy atom. The SMILES string of the molecule is CN1N=C(C(=O)N2CCC([C@@H](O)c3ccccc3)CC2)CCC1=O. The molecule has 0 unspecified atom stereocenters. The van der Waals surface area contributed by atoms with Crippen LogP contribution in [0.4, 0.5) is 0 Å². The number of hydrazone groups is 1. The van der Waals surface area contributed by atoms with Gasteiger partial charge in [0.2, 0.25) is 5.91 Å². The maximum Gasteiger partial charge on any atom is 0.270 e. The summed E-state index contributed by atoms with van der Waals surface area (Å²) in [5.74, 6) is 0.0206. The Morgan fingerprint density at radius 2 is 1.88 bits per heavy atom. The van der Waals surface area contributed by atoms with Crippen LogP contribution in [0.3, 0.4) is 0 Å². The molecule has 128 valence electrons. The summed E-state index contributed by atoms with van der Waals surface area (Å²) in [5, 5.41) is 15.9. The molecule has 6 nitrogen and oxygen atoms in total. The second kappa shape index (κ2) is 7.13. The lowest BCUT2D eigenvalue weighted by atomic mass is 9.87. The van der Waals surface area contributed by atoms with Crippen molar-refractivity contribution >= 4 is 17.5 Å². The fourth-order valence-corrected chi connectivity index (χ4v) is 3.35. The third kappa shape index (κ3) is 3.48. The molecule has 2 amide bonds. The second-order valence-electron chi connectivity index (χ2n) is 6.45. The number of rotatable bonds is 3. The predicted molar refractivity (Wildman–Crippen MR) is 90.1 cm³/mol. The summed E-state index contributed by atoms with van der Waals surface area (Å²) in [7, 11) is 1.58. The van der Waals surface area contributed by atoms with E-state index >= 15 is 0 Å². The first-order valence-electron chi connectivity index (χ1n) is 8.42. The van der Waals surface area contributed by atoms with Gasteiger partial charge >= 0.3 is 0 Å². The maximum absolute atomic E-state index is 12.5. The molecule has 0 radical (unpaired) electrons.